The lowest BCUT2D eigenvalue weighted by atomic mass is 10.2. The molecule has 1 amide bonds. The van der Waals surface area contributed by atoms with Gasteiger partial charge in [-0.15, -0.1) is 0 Å². The van der Waals surface area contributed by atoms with Gasteiger partial charge in [-0.2, -0.15) is 0 Å². The van der Waals surface area contributed by atoms with Gasteiger partial charge in [-0.05, 0) is 55.5 Å². The fourth-order valence-corrected chi connectivity index (χ4v) is 2.45. The van der Waals surface area contributed by atoms with E-state index in [2.05, 4.69) is 5.32 Å². The van der Waals surface area contributed by atoms with Crippen LogP contribution in [-0.2, 0) is 4.79 Å². The minimum atomic E-state index is -0.671. The summed E-state index contributed by atoms with van der Waals surface area (Å²) >= 11 is 0. The summed E-state index contributed by atoms with van der Waals surface area (Å²) in [5.74, 6) is 2.37. The average molecular weight is 363 g/mol. The molecule has 0 aliphatic carbocycles. The Labute approximate surface area is 158 Å². The lowest BCUT2D eigenvalue weighted by molar-refractivity contribution is -0.122. The van der Waals surface area contributed by atoms with Crippen LogP contribution in [0, 0.1) is 0 Å². The number of hydrogen-bond donors (Lipinski definition) is 1. The van der Waals surface area contributed by atoms with Gasteiger partial charge < -0.3 is 19.5 Å². The van der Waals surface area contributed by atoms with Gasteiger partial charge in [-0.3, -0.25) is 4.79 Å². The highest BCUT2D eigenvalue weighted by molar-refractivity contribution is 5.95. The Morgan fingerprint density at radius 1 is 0.815 bits per heavy atom. The van der Waals surface area contributed by atoms with Crippen LogP contribution in [0.1, 0.15) is 6.92 Å². The van der Waals surface area contributed by atoms with Gasteiger partial charge in [-0.1, -0.05) is 30.3 Å². The second-order valence-electron chi connectivity index (χ2n) is 5.84. The molecule has 138 valence electrons. The summed E-state index contributed by atoms with van der Waals surface area (Å²) < 4.78 is 16.7. The summed E-state index contributed by atoms with van der Waals surface area (Å²) in [5.41, 5.74) is 0.604. The van der Waals surface area contributed by atoms with Crippen molar-refractivity contribution in [1.82, 2.24) is 0 Å². The second-order valence-corrected chi connectivity index (χ2v) is 5.84. The van der Waals surface area contributed by atoms with E-state index < -0.39 is 6.10 Å². The Bertz CT molecular complexity index is 878. The molecular weight excluding hydrogens is 342 g/mol. The van der Waals surface area contributed by atoms with Crippen molar-refractivity contribution in [3.63, 3.8) is 0 Å². The number of benzene rings is 3. The number of carbonyl (C=O) groups excluding carboxylic acids is 1. The van der Waals surface area contributed by atoms with E-state index in [0.717, 1.165) is 5.75 Å². The Hall–Kier alpha value is -3.47. The van der Waals surface area contributed by atoms with Crippen molar-refractivity contribution >= 4 is 11.6 Å². The van der Waals surface area contributed by atoms with Gasteiger partial charge in [-0.25, -0.2) is 0 Å². The average Bonchev–Trinajstić information content (AvgIpc) is 2.70. The summed E-state index contributed by atoms with van der Waals surface area (Å²) in [4.78, 5) is 12.4. The molecule has 1 N–H and O–H groups in total. The predicted molar refractivity (Wildman–Crippen MR) is 105 cm³/mol. The standard InChI is InChI=1S/C22H21NO4/c1-16(22(24)23-20-10-6-7-11-21(20)25-2)26-18-12-14-19(15-13-18)27-17-8-4-3-5-9-17/h3-16H,1-2H3,(H,23,24)/t16-/m0/s1. The zero-order valence-corrected chi connectivity index (χ0v) is 15.2. The van der Waals surface area contributed by atoms with Crippen LogP contribution in [0.2, 0.25) is 0 Å². The van der Waals surface area contributed by atoms with Crippen molar-refractivity contribution in [2.45, 2.75) is 13.0 Å². The Kier molecular flexibility index (Phi) is 5.94. The predicted octanol–water partition coefficient (Wildman–Crippen LogP) is 4.89. The van der Waals surface area contributed by atoms with Crippen molar-refractivity contribution < 1.29 is 19.0 Å². The van der Waals surface area contributed by atoms with Crippen LogP contribution >= 0.6 is 0 Å². The van der Waals surface area contributed by atoms with Gasteiger partial charge in [0.15, 0.2) is 6.10 Å². The fraction of sp³-hybridized carbons (Fsp3) is 0.136. The molecule has 3 aromatic rings. The lowest BCUT2D eigenvalue weighted by Crippen LogP contribution is -2.30. The van der Waals surface area contributed by atoms with Gasteiger partial charge in [0, 0.05) is 0 Å². The minimum Gasteiger partial charge on any atom is -0.495 e. The van der Waals surface area contributed by atoms with E-state index >= 15 is 0 Å². The molecule has 0 radical (unpaired) electrons. The molecule has 0 spiro atoms. The molecule has 0 saturated heterocycles. The van der Waals surface area contributed by atoms with E-state index in [1.165, 1.54) is 0 Å². The molecule has 0 heterocycles. The maximum atomic E-state index is 12.4. The van der Waals surface area contributed by atoms with Crippen LogP contribution < -0.4 is 19.5 Å². The Morgan fingerprint density at radius 3 is 2.11 bits per heavy atom. The van der Waals surface area contributed by atoms with Crippen molar-refractivity contribution in [1.29, 1.82) is 0 Å². The number of hydrogen-bond acceptors (Lipinski definition) is 4. The van der Waals surface area contributed by atoms with Gasteiger partial charge in [0.25, 0.3) is 5.91 Å². The molecule has 5 heteroatoms. The maximum Gasteiger partial charge on any atom is 0.265 e. The number of nitrogens with one attached hydrogen (secondary N) is 1. The van der Waals surface area contributed by atoms with E-state index in [1.54, 1.807) is 50.4 Å². The molecule has 0 bridgehead atoms. The van der Waals surface area contributed by atoms with Crippen molar-refractivity contribution in [2.75, 3.05) is 12.4 Å². The van der Waals surface area contributed by atoms with Crippen LogP contribution in [0.25, 0.3) is 0 Å². The molecule has 0 saturated carbocycles. The SMILES string of the molecule is COc1ccccc1NC(=O)[C@H](C)Oc1ccc(Oc2ccccc2)cc1. The number of amides is 1. The Balaban J connectivity index is 1.58. The number of ether oxygens (including phenoxy) is 3. The summed E-state index contributed by atoms with van der Waals surface area (Å²) in [6.45, 7) is 1.69. The number of methoxy groups -OCH3 is 1. The molecule has 1 atom stereocenters. The first-order chi connectivity index (χ1) is 13.2. The maximum absolute atomic E-state index is 12.4. The Morgan fingerprint density at radius 2 is 1.41 bits per heavy atom. The van der Waals surface area contributed by atoms with Crippen LogP contribution in [0.15, 0.2) is 78.9 Å². The monoisotopic (exact) mass is 363 g/mol. The molecule has 0 unspecified atom stereocenters. The lowest BCUT2D eigenvalue weighted by Gasteiger charge is -2.16. The van der Waals surface area contributed by atoms with E-state index in [9.17, 15) is 4.79 Å². The van der Waals surface area contributed by atoms with Gasteiger partial charge in [0.1, 0.15) is 23.0 Å². The topological polar surface area (TPSA) is 56.8 Å². The smallest absolute Gasteiger partial charge is 0.265 e. The highest BCUT2D eigenvalue weighted by atomic mass is 16.5. The van der Waals surface area contributed by atoms with E-state index in [1.807, 2.05) is 42.5 Å². The first-order valence-corrected chi connectivity index (χ1v) is 8.59. The molecule has 27 heavy (non-hydrogen) atoms. The normalized spacial score (nSPS) is 11.3. The number of carbonyl (C=O) groups is 1. The number of rotatable bonds is 7. The van der Waals surface area contributed by atoms with Crippen LogP contribution in [0.4, 0.5) is 5.69 Å². The first kappa shape index (κ1) is 18.3. The molecule has 0 aliphatic rings. The first-order valence-electron chi connectivity index (χ1n) is 8.59. The molecule has 3 rings (SSSR count). The van der Waals surface area contributed by atoms with E-state index in [0.29, 0.717) is 22.9 Å². The van der Waals surface area contributed by atoms with Gasteiger partial charge in [0.2, 0.25) is 0 Å². The van der Waals surface area contributed by atoms with Crippen LogP contribution in [-0.4, -0.2) is 19.1 Å². The largest absolute Gasteiger partial charge is 0.495 e. The molecular formula is C22H21NO4. The highest BCUT2D eigenvalue weighted by Crippen LogP contribution is 2.25. The third-order valence-corrected chi connectivity index (χ3v) is 3.85. The molecule has 3 aromatic carbocycles. The van der Waals surface area contributed by atoms with Crippen molar-refractivity contribution in [2.24, 2.45) is 0 Å². The minimum absolute atomic E-state index is 0.260. The van der Waals surface area contributed by atoms with Gasteiger partial charge in [0.05, 0.1) is 12.8 Å². The van der Waals surface area contributed by atoms with E-state index in [4.69, 9.17) is 14.2 Å². The summed E-state index contributed by atoms with van der Waals surface area (Å²) in [5, 5.41) is 2.81. The summed E-state index contributed by atoms with van der Waals surface area (Å²) in [7, 11) is 1.56. The highest BCUT2D eigenvalue weighted by Gasteiger charge is 2.16. The second kappa shape index (κ2) is 8.76. The van der Waals surface area contributed by atoms with Crippen LogP contribution in [0.5, 0.6) is 23.0 Å². The molecule has 0 aromatic heterocycles. The zero-order chi connectivity index (χ0) is 19.1. The molecule has 5 nitrogen and oxygen atoms in total. The fourth-order valence-electron chi connectivity index (χ4n) is 2.45. The third-order valence-electron chi connectivity index (χ3n) is 3.85. The summed E-state index contributed by atoms with van der Waals surface area (Å²) in [6, 6.07) is 23.9. The number of anilines is 1. The molecule has 0 aliphatic heterocycles. The third kappa shape index (κ3) is 5.01. The van der Waals surface area contributed by atoms with Gasteiger partial charge >= 0.3 is 0 Å². The zero-order valence-electron chi connectivity index (χ0n) is 15.2. The van der Waals surface area contributed by atoms with Crippen molar-refractivity contribution in [3.05, 3.63) is 78.9 Å². The van der Waals surface area contributed by atoms with E-state index in [-0.39, 0.29) is 5.91 Å². The quantitative estimate of drug-likeness (QED) is 0.649. The summed E-state index contributed by atoms with van der Waals surface area (Å²) in [6.07, 6.45) is -0.671. The molecule has 0 fully saturated rings. The van der Waals surface area contributed by atoms with Crippen molar-refractivity contribution in [3.8, 4) is 23.0 Å². The number of para-hydroxylation sites is 3. The van der Waals surface area contributed by atoms with Crippen LogP contribution in [0.3, 0.4) is 0 Å².